The molecular weight excluding hydrogens is 376 g/mol. The summed E-state index contributed by atoms with van der Waals surface area (Å²) < 4.78 is 4.52. The van der Waals surface area contributed by atoms with Crippen molar-refractivity contribution in [2.75, 3.05) is 0 Å². The molecule has 0 saturated heterocycles. The SMILES string of the molecule is CCCCCCCCCCCCCCCCCC[C@@H](c1ccccc1)n1cc[n+](C)c1. The third-order valence-corrected chi connectivity index (χ3v) is 6.66. The van der Waals surface area contributed by atoms with Crippen molar-refractivity contribution in [3.8, 4) is 0 Å². The molecule has 0 aliphatic rings. The van der Waals surface area contributed by atoms with Crippen molar-refractivity contribution in [2.45, 2.75) is 122 Å². The lowest BCUT2D eigenvalue weighted by atomic mass is 9.99. The summed E-state index contributed by atoms with van der Waals surface area (Å²) in [6.07, 6.45) is 30.7. The quantitative estimate of drug-likeness (QED) is 0.157. The Hall–Kier alpha value is -1.57. The highest BCUT2D eigenvalue weighted by Crippen LogP contribution is 2.24. The third-order valence-electron chi connectivity index (χ3n) is 6.66. The maximum Gasteiger partial charge on any atom is 0.244 e. The first-order valence-corrected chi connectivity index (χ1v) is 13.4. The Bertz CT molecular complexity index is 646. The van der Waals surface area contributed by atoms with Crippen LogP contribution in [0.3, 0.4) is 0 Å². The number of unbranched alkanes of at least 4 members (excludes halogenated alkanes) is 15. The van der Waals surface area contributed by atoms with Crippen molar-refractivity contribution in [3.63, 3.8) is 0 Å². The summed E-state index contributed by atoms with van der Waals surface area (Å²) in [6, 6.07) is 11.5. The monoisotopic (exact) mass is 425 g/mol. The molecule has 0 spiro atoms. The van der Waals surface area contributed by atoms with E-state index >= 15 is 0 Å². The fraction of sp³-hybridized carbons (Fsp3) is 0.690. The fourth-order valence-corrected chi connectivity index (χ4v) is 4.70. The highest BCUT2D eigenvalue weighted by atomic mass is 15.1. The first kappa shape index (κ1) is 25.7. The van der Waals surface area contributed by atoms with Crippen LogP contribution in [0.15, 0.2) is 49.1 Å². The number of imidazole rings is 1. The van der Waals surface area contributed by atoms with Gasteiger partial charge in [-0.2, -0.15) is 0 Å². The van der Waals surface area contributed by atoms with Gasteiger partial charge in [0.15, 0.2) is 0 Å². The van der Waals surface area contributed by atoms with Gasteiger partial charge in [0.25, 0.3) is 0 Å². The first-order valence-electron chi connectivity index (χ1n) is 13.4. The number of hydrogen-bond acceptors (Lipinski definition) is 0. The van der Waals surface area contributed by atoms with Crippen LogP contribution in [0.2, 0.25) is 0 Å². The number of hydrogen-bond donors (Lipinski definition) is 0. The Labute approximate surface area is 193 Å². The average Bonchev–Trinajstić information content (AvgIpc) is 3.22. The Balaban J connectivity index is 1.46. The smallest absolute Gasteiger partial charge is 0.240 e. The van der Waals surface area contributed by atoms with Gasteiger partial charge in [-0.25, -0.2) is 9.13 Å². The molecule has 1 aromatic carbocycles. The van der Waals surface area contributed by atoms with Gasteiger partial charge in [0.2, 0.25) is 6.33 Å². The summed E-state index contributed by atoms with van der Waals surface area (Å²) >= 11 is 0. The molecule has 1 aromatic heterocycles. The van der Waals surface area contributed by atoms with Crippen LogP contribution in [0, 0.1) is 0 Å². The van der Waals surface area contributed by atoms with Crippen molar-refractivity contribution in [2.24, 2.45) is 7.05 Å². The normalized spacial score (nSPS) is 12.3. The minimum absolute atomic E-state index is 0.467. The minimum Gasteiger partial charge on any atom is -0.240 e. The van der Waals surface area contributed by atoms with Gasteiger partial charge in [-0.05, 0) is 18.4 Å². The largest absolute Gasteiger partial charge is 0.244 e. The Kier molecular flexibility index (Phi) is 14.1. The molecule has 0 saturated carbocycles. The molecule has 2 aromatic rings. The molecule has 0 unspecified atom stereocenters. The van der Waals surface area contributed by atoms with E-state index in [2.05, 4.69) is 72.2 Å². The lowest BCUT2D eigenvalue weighted by Crippen LogP contribution is -2.24. The molecule has 31 heavy (non-hydrogen) atoms. The van der Waals surface area contributed by atoms with E-state index in [-0.39, 0.29) is 0 Å². The van der Waals surface area contributed by atoms with Crippen LogP contribution in [0.4, 0.5) is 0 Å². The molecule has 2 heteroatoms. The highest BCUT2D eigenvalue weighted by molar-refractivity contribution is 5.19. The molecule has 0 aliphatic heterocycles. The van der Waals surface area contributed by atoms with Crippen LogP contribution in [0.25, 0.3) is 0 Å². The fourth-order valence-electron chi connectivity index (χ4n) is 4.70. The minimum atomic E-state index is 0.467. The molecule has 2 nitrogen and oxygen atoms in total. The highest BCUT2D eigenvalue weighted by Gasteiger charge is 2.18. The second-order valence-corrected chi connectivity index (χ2v) is 9.54. The van der Waals surface area contributed by atoms with E-state index in [0.717, 1.165) is 0 Å². The van der Waals surface area contributed by atoms with Crippen LogP contribution >= 0.6 is 0 Å². The van der Waals surface area contributed by atoms with Crippen molar-refractivity contribution in [1.29, 1.82) is 0 Å². The summed E-state index contributed by atoms with van der Waals surface area (Å²) in [5.74, 6) is 0. The molecule has 1 heterocycles. The summed E-state index contributed by atoms with van der Waals surface area (Å²) in [5, 5.41) is 0. The second kappa shape index (κ2) is 17.0. The van der Waals surface area contributed by atoms with Crippen LogP contribution in [0.5, 0.6) is 0 Å². The van der Waals surface area contributed by atoms with E-state index in [0.29, 0.717) is 6.04 Å². The number of aryl methyl sites for hydroxylation is 1. The maximum atomic E-state index is 2.38. The van der Waals surface area contributed by atoms with Gasteiger partial charge < -0.3 is 0 Å². The van der Waals surface area contributed by atoms with Gasteiger partial charge in [0.05, 0.1) is 7.05 Å². The molecule has 0 aliphatic carbocycles. The second-order valence-electron chi connectivity index (χ2n) is 9.54. The predicted molar refractivity (Wildman–Crippen MR) is 134 cm³/mol. The van der Waals surface area contributed by atoms with Crippen LogP contribution < -0.4 is 4.57 Å². The van der Waals surface area contributed by atoms with E-state index in [9.17, 15) is 0 Å². The first-order chi connectivity index (χ1) is 15.3. The molecule has 0 amide bonds. The molecule has 0 N–H and O–H groups in total. The van der Waals surface area contributed by atoms with Crippen LogP contribution in [-0.4, -0.2) is 4.57 Å². The Morgan fingerprint density at radius 2 is 1.16 bits per heavy atom. The number of aromatic nitrogens is 2. The van der Waals surface area contributed by atoms with Gasteiger partial charge in [-0.15, -0.1) is 0 Å². The molecule has 0 fully saturated rings. The van der Waals surface area contributed by atoms with E-state index in [4.69, 9.17) is 0 Å². The average molecular weight is 426 g/mol. The van der Waals surface area contributed by atoms with Gasteiger partial charge in [-0.1, -0.05) is 134 Å². The number of rotatable bonds is 19. The van der Waals surface area contributed by atoms with Crippen LogP contribution in [-0.2, 0) is 7.05 Å². The Morgan fingerprint density at radius 1 is 0.677 bits per heavy atom. The van der Waals surface area contributed by atoms with E-state index in [1.165, 1.54) is 115 Å². The number of nitrogens with zero attached hydrogens (tertiary/aromatic N) is 2. The van der Waals surface area contributed by atoms with Crippen LogP contribution in [0.1, 0.15) is 128 Å². The summed E-state index contributed by atoms with van der Waals surface area (Å²) in [6.45, 7) is 2.30. The van der Waals surface area contributed by atoms with Gasteiger partial charge >= 0.3 is 0 Å². The van der Waals surface area contributed by atoms with Gasteiger partial charge in [-0.3, -0.25) is 0 Å². The maximum absolute atomic E-state index is 2.38. The molecular formula is C29H49N2+. The Morgan fingerprint density at radius 3 is 1.61 bits per heavy atom. The lowest BCUT2D eigenvalue weighted by Gasteiger charge is -2.14. The van der Waals surface area contributed by atoms with E-state index in [1.54, 1.807) is 0 Å². The van der Waals surface area contributed by atoms with Crippen molar-refractivity contribution >= 4 is 0 Å². The summed E-state index contributed by atoms with van der Waals surface area (Å²) in [7, 11) is 2.10. The van der Waals surface area contributed by atoms with Crippen molar-refractivity contribution in [1.82, 2.24) is 4.57 Å². The van der Waals surface area contributed by atoms with Crippen molar-refractivity contribution < 1.29 is 4.57 Å². The topological polar surface area (TPSA) is 8.81 Å². The zero-order valence-corrected chi connectivity index (χ0v) is 20.6. The summed E-state index contributed by atoms with van der Waals surface area (Å²) in [5.41, 5.74) is 1.43. The zero-order chi connectivity index (χ0) is 22.0. The molecule has 174 valence electrons. The van der Waals surface area contributed by atoms with Crippen molar-refractivity contribution in [3.05, 3.63) is 54.6 Å². The molecule has 1 atom stereocenters. The molecule has 0 bridgehead atoms. The summed E-state index contributed by atoms with van der Waals surface area (Å²) in [4.78, 5) is 0. The van der Waals surface area contributed by atoms with E-state index in [1.807, 2.05) is 0 Å². The molecule has 0 radical (unpaired) electrons. The van der Waals surface area contributed by atoms with Gasteiger partial charge in [0, 0.05) is 0 Å². The number of benzene rings is 1. The van der Waals surface area contributed by atoms with E-state index < -0.39 is 0 Å². The van der Waals surface area contributed by atoms with Gasteiger partial charge in [0.1, 0.15) is 18.4 Å². The lowest BCUT2D eigenvalue weighted by molar-refractivity contribution is -0.671. The third kappa shape index (κ3) is 11.6. The standard InChI is InChI=1S/C29H49N2/c1-3-4-5-6-7-8-9-10-11-12-13-14-15-16-17-21-24-29(28-22-19-18-20-23-28)31-26-25-30(2)27-31/h18-20,22-23,25-27,29H,3-17,21,24H2,1-2H3/q+1/t29-/m0/s1. The predicted octanol–water partition coefficient (Wildman–Crippen LogP) is 8.55. The molecule has 2 rings (SSSR count). The zero-order valence-electron chi connectivity index (χ0n) is 20.6.